The van der Waals surface area contributed by atoms with Crippen LogP contribution in [0.4, 0.5) is 0 Å². The molecule has 1 N–H and O–H groups in total. The highest BCUT2D eigenvalue weighted by Gasteiger charge is 2.15. The molecule has 0 fully saturated rings. The summed E-state index contributed by atoms with van der Waals surface area (Å²) in [5.74, 6) is -0.295. The Balaban J connectivity index is 2.24. The first-order chi connectivity index (χ1) is 13.7. The summed E-state index contributed by atoms with van der Waals surface area (Å²) in [4.78, 5) is 12.2. The summed E-state index contributed by atoms with van der Waals surface area (Å²) in [7, 11) is 0. The Bertz CT molecular complexity index is 525. The number of phenolic OH excluding ortho intramolecular Hbond substituents is 1. The smallest absolute Gasteiger partial charge is 0.341 e. The maximum atomic E-state index is 12.2. The van der Waals surface area contributed by atoms with Crippen LogP contribution < -0.4 is 0 Å². The molecular weight excluding hydrogens is 348 g/mol. The van der Waals surface area contributed by atoms with Gasteiger partial charge in [-0.15, -0.1) is 0 Å². The highest BCUT2D eigenvalue weighted by Crippen LogP contribution is 2.25. The third-order valence-electron chi connectivity index (χ3n) is 5.37. The van der Waals surface area contributed by atoms with Gasteiger partial charge in [0.25, 0.3) is 0 Å². The molecule has 0 atom stereocenters. The van der Waals surface area contributed by atoms with Gasteiger partial charge in [0.1, 0.15) is 11.3 Å². The van der Waals surface area contributed by atoms with Crippen molar-refractivity contribution in [3.05, 3.63) is 29.3 Å². The van der Waals surface area contributed by atoms with Crippen molar-refractivity contribution in [2.24, 2.45) is 0 Å². The number of esters is 1. The molecule has 160 valence electrons. The van der Waals surface area contributed by atoms with Crippen LogP contribution in [-0.2, 0) is 11.2 Å². The van der Waals surface area contributed by atoms with Crippen LogP contribution in [0.25, 0.3) is 0 Å². The van der Waals surface area contributed by atoms with Crippen LogP contribution in [0.15, 0.2) is 18.2 Å². The van der Waals surface area contributed by atoms with E-state index in [1.54, 1.807) is 6.07 Å². The maximum absolute atomic E-state index is 12.2. The lowest BCUT2D eigenvalue weighted by Crippen LogP contribution is -2.07. The van der Waals surface area contributed by atoms with Crippen molar-refractivity contribution in [2.75, 3.05) is 6.61 Å². The van der Waals surface area contributed by atoms with Gasteiger partial charge in [-0.05, 0) is 30.9 Å². The molecule has 0 spiro atoms. The van der Waals surface area contributed by atoms with Gasteiger partial charge in [-0.3, -0.25) is 0 Å². The number of hydrogen-bond acceptors (Lipinski definition) is 3. The Morgan fingerprint density at radius 2 is 1.32 bits per heavy atom. The Hall–Kier alpha value is -1.51. The second-order valence-corrected chi connectivity index (χ2v) is 7.94. The van der Waals surface area contributed by atoms with Crippen LogP contribution in [0, 0.1) is 0 Å². The molecule has 0 saturated carbocycles. The quantitative estimate of drug-likeness (QED) is 0.220. The molecule has 0 aliphatic heterocycles. The number of aryl methyl sites for hydroxylation is 1. The van der Waals surface area contributed by atoms with Crippen LogP contribution in [-0.4, -0.2) is 17.7 Å². The molecule has 0 heterocycles. The largest absolute Gasteiger partial charge is 0.507 e. The molecule has 0 aliphatic carbocycles. The van der Waals surface area contributed by atoms with E-state index in [0.29, 0.717) is 12.2 Å². The van der Waals surface area contributed by atoms with Crippen LogP contribution in [0.2, 0.25) is 0 Å². The predicted octanol–water partition coefficient (Wildman–Crippen LogP) is 7.59. The first-order valence-corrected chi connectivity index (χ1v) is 11.7. The zero-order valence-corrected chi connectivity index (χ0v) is 18.3. The summed E-state index contributed by atoms with van der Waals surface area (Å²) in [6.45, 7) is 4.84. The molecule has 0 amide bonds. The average molecular weight is 391 g/mol. The molecular formula is C25H42O3. The Morgan fingerprint density at radius 3 is 1.93 bits per heavy atom. The molecule has 28 heavy (non-hydrogen) atoms. The van der Waals surface area contributed by atoms with Crippen LogP contribution in [0.3, 0.4) is 0 Å². The lowest BCUT2D eigenvalue weighted by Gasteiger charge is -2.10. The van der Waals surface area contributed by atoms with Crippen molar-refractivity contribution in [3.8, 4) is 5.75 Å². The third-order valence-corrected chi connectivity index (χ3v) is 5.37. The number of unbranched alkanes of at least 4 members (excludes halogenated alkanes) is 12. The van der Waals surface area contributed by atoms with E-state index in [-0.39, 0.29) is 5.75 Å². The SMILES string of the molecule is CCCCCCCCCCCCc1cccc(C(=O)OCCCCCC)c1O. The van der Waals surface area contributed by atoms with Crippen molar-refractivity contribution in [1.82, 2.24) is 0 Å². The molecule has 0 radical (unpaired) electrons. The Morgan fingerprint density at radius 1 is 0.786 bits per heavy atom. The van der Waals surface area contributed by atoms with Crippen LogP contribution in [0.1, 0.15) is 120 Å². The van der Waals surface area contributed by atoms with E-state index >= 15 is 0 Å². The second kappa shape index (κ2) is 16.4. The maximum Gasteiger partial charge on any atom is 0.341 e. The molecule has 1 rings (SSSR count). The molecule has 0 aromatic heterocycles. The number of carbonyl (C=O) groups is 1. The lowest BCUT2D eigenvalue weighted by atomic mass is 10.0. The molecule has 0 aliphatic rings. The fourth-order valence-corrected chi connectivity index (χ4v) is 3.53. The van der Waals surface area contributed by atoms with Crippen molar-refractivity contribution in [3.63, 3.8) is 0 Å². The van der Waals surface area contributed by atoms with Gasteiger partial charge in [0.15, 0.2) is 0 Å². The number of phenols is 1. The predicted molar refractivity (Wildman–Crippen MR) is 118 cm³/mol. The zero-order valence-electron chi connectivity index (χ0n) is 18.3. The summed E-state index contributed by atoms with van der Waals surface area (Å²) in [6, 6.07) is 5.42. The number of rotatable bonds is 17. The zero-order chi connectivity index (χ0) is 20.5. The van der Waals surface area contributed by atoms with Gasteiger partial charge in [0.05, 0.1) is 6.61 Å². The molecule has 0 unspecified atom stereocenters. The van der Waals surface area contributed by atoms with E-state index in [0.717, 1.165) is 44.1 Å². The van der Waals surface area contributed by atoms with E-state index in [1.807, 2.05) is 12.1 Å². The molecule has 3 heteroatoms. The standard InChI is InChI=1S/C25H42O3/c1-3-5-7-9-10-11-12-13-14-15-18-22-19-17-20-23(24(22)26)25(27)28-21-16-8-6-4-2/h17,19-20,26H,3-16,18,21H2,1-2H3. The summed E-state index contributed by atoms with van der Waals surface area (Å²) >= 11 is 0. The number of para-hydroxylation sites is 1. The van der Waals surface area contributed by atoms with Gasteiger partial charge in [0.2, 0.25) is 0 Å². The molecule has 1 aromatic carbocycles. The molecule has 0 saturated heterocycles. The fourth-order valence-electron chi connectivity index (χ4n) is 3.53. The number of benzene rings is 1. The molecule has 1 aromatic rings. The molecule has 0 bridgehead atoms. The van der Waals surface area contributed by atoms with Gasteiger partial charge in [-0.25, -0.2) is 4.79 Å². The number of ether oxygens (including phenoxy) is 1. The summed E-state index contributed by atoms with van der Waals surface area (Å²) in [6.07, 6.45) is 18.1. The highest BCUT2D eigenvalue weighted by molar-refractivity contribution is 5.92. The van der Waals surface area contributed by atoms with Crippen molar-refractivity contribution in [2.45, 2.75) is 110 Å². The normalized spacial score (nSPS) is 10.9. The van der Waals surface area contributed by atoms with Crippen molar-refractivity contribution in [1.29, 1.82) is 0 Å². The minimum Gasteiger partial charge on any atom is -0.507 e. The van der Waals surface area contributed by atoms with Crippen molar-refractivity contribution < 1.29 is 14.6 Å². The number of carbonyl (C=O) groups excluding carboxylic acids is 1. The Labute approximate surface area is 172 Å². The summed E-state index contributed by atoms with van der Waals surface area (Å²) in [5, 5.41) is 10.4. The minimum absolute atomic E-state index is 0.108. The van der Waals surface area contributed by atoms with E-state index in [1.165, 1.54) is 57.8 Å². The van der Waals surface area contributed by atoms with Gasteiger partial charge < -0.3 is 9.84 Å². The first-order valence-electron chi connectivity index (χ1n) is 11.7. The van der Waals surface area contributed by atoms with E-state index in [4.69, 9.17) is 4.74 Å². The van der Waals surface area contributed by atoms with Crippen LogP contribution in [0.5, 0.6) is 5.75 Å². The topological polar surface area (TPSA) is 46.5 Å². The highest BCUT2D eigenvalue weighted by atomic mass is 16.5. The monoisotopic (exact) mass is 390 g/mol. The minimum atomic E-state index is -0.404. The number of hydrogen-bond donors (Lipinski definition) is 1. The summed E-state index contributed by atoms with van der Waals surface area (Å²) < 4.78 is 5.32. The fraction of sp³-hybridized carbons (Fsp3) is 0.720. The Kier molecular flexibility index (Phi) is 14.4. The number of aromatic hydroxyl groups is 1. The van der Waals surface area contributed by atoms with E-state index < -0.39 is 5.97 Å². The van der Waals surface area contributed by atoms with Gasteiger partial charge in [-0.2, -0.15) is 0 Å². The molecule has 3 nitrogen and oxygen atoms in total. The van der Waals surface area contributed by atoms with Gasteiger partial charge in [0, 0.05) is 0 Å². The van der Waals surface area contributed by atoms with Crippen LogP contribution >= 0.6 is 0 Å². The van der Waals surface area contributed by atoms with Gasteiger partial charge in [-0.1, -0.05) is 103 Å². The first kappa shape index (κ1) is 24.5. The van der Waals surface area contributed by atoms with E-state index in [9.17, 15) is 9.90 Å². The second-order valence-electron chi connectivity index (χ2n) is 7.94. The van der Waals surface area contributed by atoms with E-state index in [2.05, 4.69) is 13.8 Å². The van der Waals surface area contributed by atoms with Crippen molar-refractivity contribution >= 4 is 5.97 Å². The lowest BCUT2D eigenvalue weighted by molar-refractivity contribution is 0.0494. The average Bonchev–Trinajstić information content (AvgIpc) is 2.70. The third kappa shape index (κ3) is 10.7. The van der Waals surface area contributed by atoms with Gasteiger partial charge >= 0.3 is 5.97 Å². The summed E-state index contributed by atoms with van der Waals surface area (Å²) in [5.41, 5.74) is 1.17.